The van der Waals surface area contributed by atoms with Crippen molar-refractivity contribution in [3.8, 4) is 11.3 Å². The van der Waals surface area contributed by atoms with E-state index in [2.05, 4.69) is 15.3 Å². The molecular formula is C19H16ClN3O. The number of benzene rings is 1. The average Bonchev–Trinajstić information content (AvgIpc) is 2.57. The van der Waals surface area contributed by atoms with Crippen LogP contribution >= 0.6 is 11.6 Å². The maximum atomic E-state index is 12.5. The maximum absolute atomic E-state index is 12.5. The molecule has 1 aromatic carbocycles. The highest BCUT2D eigenvalue weighted by molar-refractivity contribution is 6.33. The van der Waals surface area contributed by atoms with Crippen LogP contribution in [0.4, 0.5) is 5.69 Å². The fourth-order valence-electron chi connectivity index (χ4n) is 2.45. The minimum Gasteiger partial charge on any atom is -0.322 e. The molecule has 0 aliphatic rings. The number of anilines is 1. The fourth-order valence-corrected chi connectivity index (χ4v) is 2.66. The highest BCUT2D eigenvalue weighted by Gasteiger charge is 2.12. The summed E-state index contributed by atoms with van der Waals surface area (Å²) >= 11 is 6.26. The lowest BCUT2D eigenvalue weighted by molar-refractivity contribution is 0.102. The summed E-state index contributed by atoms with van der Waals surface area (Å²) in [5.41, 5.74) is 4.32. The SMILES string of the molecule is Cc1ccc(C(=O)Nc2ccc(Cl)c(-c3ccccn3)c2)c(C)n1. The van der Waals surface area contributed by atoms with E-state index in [1.165, 1.54) is 0 Å². The monoisotopic (exact) mass is 337 g/mol. The van der Waals surface area contributed by atoms with Crippen molar-refractivity contribution in [3.63, 3.8) is 0 Å². The molecule has 2 heterocycles. The quantitative estimate of drug-likeness (QED) is 0.755. The van der Waals surface area contributed by atoms with Crippen molar-refractivity contribution in [1.29, 1.82) is 0 Å². The molecule has 4 nitrogen and oxygen atoms in total. The normalized spacial score (nSPS) is 10.5. The average molecular weight is 338 g/mol. The van der Waals surface area contributed by atoms with Crippen LogP contribution in [0.3, 0.4) is 0 Å². The molecule has 120 valence electrons. The Morgan fingerprint density at radius 3 is 2.62 bits per heavy atom. The number of carbonyl (C=O) groups excluding carboxylic acids is 1. The van der Waals surface area contributed by atoms with E-state index in [1.54, 1.807) is 24.4 Å². The maximum Gasteiger partial charge on any atom is 0.257 e. The molecule has 0 spiro atoms. The molecule has 0 saturated heterocycles. The lowest BCUT2D eigenvalue weighted by Crippen LogP contribution is -2.14. The van der Waals surface area contributed by atoms with Gasteiger partial charge in [0.25, 0.3) is 5.91 Å². The molecule has 3 rings (SSSR count). The number of nitrogens with one attached hydrogen (secondary N) is 1. The highest BCUT2D eigenvalue weighted by Crippen LogP contribution is 2.29. The fraction of sp³-hybridized carbons (Fsp3) is 0.105. The summed E-state index contributed by atoms with van der Waals surface area (Å²) in [6.07, 6.45) is 1.71. The van der Waals surface area contributed by atoms with Gasteiger partial charge in [-0.3, -0.25) is 14.8 Å². The molecule has 0 bridgehead atoms. The molecule has 5 heteroatoms. The molecule has 0 radical (unpaired) electrons. The molecule has 0 fully saturated rings. The highest BCUT2D eigenvalue weighted by atomic mass is 35.5. The Hall–Kier alpha value is -2.72. The van der Waals surface area contributed by atoms with E-state index < -0.39 is 0 Å². The molecule has 0 atom stereocenters. The number of pyridine rings is 2. The van der Waals surface area contributed by atoms with E-state index in [1.807, 2.05) is 44.2 Å². The lowest BCUT2D eigenvalue weighted by Gasteiger charge is -2.10. The van der Waals surface area contributed by atoms with Gasteiger partial charge in [-0.15, -0.1) is 0 Å². The predicted molar refractivity (Wildman–Crippen MR) is 96.3 cm³/mol. The van der Waals surface area contributed by atoms with Crippen molar-refractivity contribution >= 4 is 23.2 Å². The molecule has 0 aliphatic carbocycles. The smallest absolute Gasteiger partial charge is 0.257 e. The van der Waals surface area contributed by atoms with E-state index in [-0.39, 0.29) is 5.91 Å². The van der Waals surface area contributed by atoms with Crippen LogP contribution in [-0.2, 0) is 0 Å². The van der Waals surface area contributed by atoms with Gasteiger partial charge in [-0.05, 0) is 56.3 Å². The molecule has 1 N–H and O–H groups in total. The van der Waals surface area contributed by atoms with Gasteiger partial charge in [0.2, 0.25) is 0 Å². The first kappa shape index (κ1) is 16.1. The van der Waals surface area contributed by atoms with Gasteiger partial charge in [0.05, 0.1) is 22.0 Å². The molecule has 1 amide bonds. The second-order valence-electron chi connectivity index (χ2n) is 5.45. The Morgan fingerprint density at radius 2 is 1.92 bits per heavy atom. The van der Waals surface area contributed by atoms with Gasteiger partial charge in [-0.2, -0.15) is 0 Å². The lowest BCUT2D eigenvalue weighted by atomic mass is 10.1. The first-order chi connectivity index (χ1) is 11.5. The van der Waals surface area contributed by atoms with E-state index in [4.69, 9.17) is 11.6 Å². The van der Waals surface area contributed by atoms with Gasteiger partial charge in [0, 0.05) is 23.1 Å². The van der Waals surface area contributed by atoms with Crippen LogP contribution in [0.2, 0.25) is 5.02 Å². The third-order valence-corrected chi connectivity index (χ3v) is 3.96. The second-order valence-corrected chi connectivity index (χ2v) is 5.86. The molecule has 24 heavy (non-hydrogen) atoms. The van der Waals surface area contributed by atoms with Gasteiger partial charge in [-0.1, -0.05) is 17.7 Å². The van der Waals surface area contributed by atoms with Crippen molar-refractivity contribution in [1.82, 2.24) is 9.97 Å². The van der Waals surface area contributed by atoms with Crippen LogP contribution in [0.1, 0.15) is 21.7 Å². The third kappa shape index (κ3) is 3.44. The summed E-state index contributed by atoms with van der Waals surface area (Å²) in [6.45, 7) is 3.72. The number of carbonyl (C=O) groups is 1. The Labute approximate surface area is 145 Å². The number of hydrogen-bond acceptors (Lipinski definition) is 3. The van der Waals surface area contributed by atoms with Crippen LogP contribution < -0.4 is 5.32 Å². The standard InChI is InChI=1S/C19H16ClN3O/c1-12-6-8-15(13(2)22-12)19(24)23-14-7-9-17(20)16(11-14)18-5-3-4-10-21-18/h3-11H,1-2H3,(H,23,24). The van der Waals surface area contributed by atoms with Gasteiger partial charge < -0.3 is 5.32 Å². The molecule has 0 unspecified atom stereocenters. The molecule has 0 saturated carbocycles. The topological polar surface area (TPSA) is 54.9 Å². The van der Waals surface area contributed by atoms with Crippen LogP contribution in [-0.4, -0.2) is 15.9 Å². The van der Waals surface area contributed by atoms with E-state index in [0.29, 0.717) is 22.0 Å². The van der Waals surface area contributed by atoms with Crippen molar-refractivity contribution in [2.24, 2.45) is 0 Å². The predicted octanol–water partition coefficient (Wildman–Crippen LogP) is 4.67. The number of aryl methyl sites for hydroxylation is 2. The summed E-state index contributed by atoms with van der Waals surface area (Å²) in [7, 11) is 0. The number of nitrogens with zero attached hydrogens (tertiary/aromatic N) is 2. The number of rotatable bonds is 3. The molecule has 2 aromatic heterocycles. The molecular weight excluding hydrogens is 322 g/mol. The first-order valence-electron chi connectivity index (χ1n) is 7.51. The van der Waals surface area contributed by atoms with Crippen LogP contribution in [0, 0.1) is 13.8 Å². The van der Waals surface area contributed by atoms with Crippen LogP contribution in [0.5, 0.6) is 0 Å². The van der Waals surface area contributed by atoms with E-state index in [9.17, 15) is 4.79 Å². The van der Waals surface area contributed by atoms with Crippen molar-refractivity contribution in [2.45, 2.75) is 13.8 Å². The Morgan fingerprint density at radius 1 is 1.08 bits per heavy atom. The van der Waals surface area contributed by atoms with Crippen LogP contribution in [0.25, 0.3) is 11.3 Å². The van der Waals surface area contributed by atoms with Crippen molar-refractivity contribution in [2.75, 3.05) is 5.32 Å². The number of halogens is 1. The zero-order valence-corrected chi connectivity index (χ0v) is 14.1. The Balaban J connectivity index is 1.89. The summed E-state index contributed by atoms with van der Waals surface area (Å²) in [4.78, 5) is 21.1. The zero-order valence-electron chi connectivity index (χ0n) is 13.4. The summed E-state index contributed by atoms with van der Waals surface area (Å²) in [5.74, 6) is -0.200. The molecule has 3 aromatic rings. The van der Waals surface area contributed by atoms with Gasteiger partial charge in [0.1, 0.15) is 0 Å². The minimum atomic E-state index is -0.200. The number of aromatic nitrogens is 2. The largest absolute Gasteiger partial charge is 0.322 e. The van der Waals surface area contributed by atoms with Gasteiger partial charge in [0.15, 0.2) is 0 Å². The minimum absolute atomic E-state index is 0.200. The molecule has 0 aliphatic heterocycles. The first-order valence-corrected chi connectivity index (χ1v) is 7.89. The van der Waals surface area contributed by atoms with Gasteiger partial charge in [-0.25, -0.2) is 0 Å². The Kier molecular flexibility index (Phi) is 4.58. The van der Waals surface area contributed by atoms with E-state index in [0.717, 1.165) is 17.0 Å². The summed E-state index contributed by atoms with van der Waals surface area (Å²) < 4.78 is 0. The van der Waals surface area contributed by atoms with Crippen molar-refractivity contribution < 1.29 is 4.79 Å². The third-order valence-electron chi connectivity index (χ3n) is 3.63. The summed E-state index contributed by atoms with van der Waals surface area (Å²) in [6, 6.07) is 14.6. The summed E-state index contributed by atoms with van der Waals surface area (Å²) in [5, 5.41) is 3.47. The van der Waals surface area contributed by atoms with Gasteiger partial charge >= 0.3 is 0 Å². The number of amides is 1. The van der Waals surface area contributed by atoms with Crippen LogP contribution in [0.15, 0.2) is 54.7 Å². The number of hydrogen-bond donors (Lipinski definition) is 1. The second kappa shape index (κ2) is 6.81. The van der Waals surface area contributed by atoms with E-state index >= 15 is 0 Å². The Bertz CT molecular complexity index is 894. The zero-order chi connectivity index (χ0) is 17.1. The van der Waals surface area contributed by atoms with Crippen molar-refractivity contribution in [3.05, 3.63) is 76.7 Å².